The maximum Gasteiger partial charge on any atom is 0.315 e. The first kappa shape index (κ1) is 21.6. The van der Waals surface area contributed by atoms with Gasteiger partial charge < -0.3 is 15.6 Å². The van der Waals surface area contributed by atoms with Crippen molar-refractivity contribution in [1.82, 2.24) is 0 Å². The Labute approximate surface area is 183 Å². The van der Waals surface area contributed by atoms with E-state index in [1.807, 2.05) is 48.5 Å². The fourth-order valence-corrected chi connectivity index (χ4v) is 4.28. The van der Waals surface area contributed by atoms with Crippen molar-refractivity contribution >= 4 is 11.9 Å². The number of carbonyl (C=O) groups excluding carboxylic acids is 1. The summed E-state index contributed by atoms with van der Waals surface area (Å²) in [7, 11) is 0. The van der Waals surface area contributed by atoms with Gasteiger partial charge in [0.25, 0.3) is 0 Å². The number of carbonyl (C=O) groups is 2. The van der Waals surface area contributed by atoms with E-state index < -0.39 is 42.0 Å². The highest BCUT2D eigenvalue weighted by atomic mass is 19.2. The summed E-state index contributed by atoms with van der Waals surface area (Å²) in [4.78, 5) is 24.2. The van der Waals surface area contributed by atoms with E-state index in [0.29, 0.717) is 0 Å². The molecule has 0 amide bonds. The second kappa shape index (κ2) is 8.88. The van der Waals surface area contributed by atoms with Crippen LogP contribution in [0, 0.1) is 11.6 Å². The largest absolute Gasteiger partial charge is 0.481 e. The zero-order valence-corrected chi connectivity index (χ0v) is 17.0. The first-order valence-corrected chi connectivity index (χ1v) is 10.1. The van der Waals surface area contributed by atoms with Gasteiger partial charge in [-0.1, -0.05) is 54.6 Å². The van der Waals surface area contributed by atoms with E-state index >= 15 is 0 Å². The van der Waals surface area contributed by atoms with Crippen molar-refractivity contribution in [2.24, 2.45) is 5.73 Å². The minimum absolute atomic E-state index is 0.00677. The van der Waals surface area contributed by atoms with Gasteiger partial charge in [0.1, 0.15) is 6.61 Å². The molecular weight excluding hydrogens is 416 g/mol. The lowest BCUT2D eigenvalue weighted by atomic mass is 9.89. The van der Waals surface area contributed by atoms with Crippen LogP contribution in [0.2, 0.25) is 0 Å². The van der Waals surface area contributed by atoms with Crippen LogP contribution in [0.25, 0.3) is 11.1 Å². The second-order valence-corrected chi connectivity index (χ2v) is 7.77. The molecule has 0 radical (unpaired) electrons. The Bertz CT molecular complexity index is 1130. The number of fused-ring (bicyclic) bond motifs is 3. The Morgan fingerprint density at radius 2 is 1.53 bits per heavy atom. The molecule has 0 spiro atoms. The summed E-state index contributed by atoms with van der Waals surface area (Å²) in [6, 6.07) is 17.4. The van der Waals surface area contributed by atoms with Crippen LogP contribution in [0.5, 0.6) is 0 Å². The molecule has 0 aromatic heterocycles. The third-order valence-corrected chi connectivity index (χ3v) is 5.75. The highest BCUT2D eigenvalue weighted by Gasteiger charge is 2.34. The number of hydrogen-bond acceptors (Lipinski definition) is 4. The van der Waals surface area contributed by atoms with Gasteiger partial charge in [-0.05, 0) is 39.9 Å². The number of carboxylic acids is 1. The first-order chi connectivity index (χ1) is 15.4. The Hall–Kier alpha value is -3.58. The van der Waals surface area contributed by atoms with E-state index in [1.54, 1.807) is 0 Å². The number of nitrogens with two attached hydrogens (primary N) is 1. The Morgan fingerprint density at radius 3 is 2.09 bits per heavy atom. The maximum atomic E-state index is 13.8. The average molecular weight is 437 g/mol. The predicted molar refractivity (Wildman–Crippen MR) is 114 cm³/mol. The van der Waals surface area contributed by atoms with Crippen molar-refractivity contribution in [3.63, 3.8) is 0 Å². The van der Waals surface area contributed by atoms with Crippen molar-refractivity contribution in [3.8, 4) is 11.1 Å². The molecule has 32 heavy (non-hydrogen) atoms. The molecular formula is C25H21F2NO4. The molecule has 0 saturated heterocycles. The molecule has 7 heteroatoms. The van der Waals surface area contributed by atoms with Crippen LogP contribution in [0.4, 0.5) is 8.78 Å². The van der Waals surface area contributed by atoms with Crippen LogP contribution in [-0.2, 0) is 14.3 Å². The summed E-state index contributed by atoms with van der Waals surface area (Å²) in [5.74, 6) is -5.68. The van der Waals surface area contributed by atoms with Crippen molar-refractivity contribution in [2.75, 3.05) is 6.61 Å². The van der Waals surface area contributed by atoms with Crippen molar-refractivity contribution < 1.29 is 28.2 Å². The summed E-state index contributed by atoms with van der Waals surface area (Å²) < 4.78 is 32.8. The number of carboxylic acid groups (broad SMARTS) is 1. The maximum absolute atomic E-state index is 13.8. The van der Waals surface area contributed by atoms with Gasteiger partial charge in [0.05, 0.1) is 12.3 Å². The highest BCUT2D eigenvalue weighted by Crippen LogP contribution is 2.44. The van der Waals surface area contributed by atoms with Gasteiger partial charge in [-0.15, -0.1) is 0 Å². The van der Waals surface area contributed by atoms with E-state index in [1.165, 1.54) is 6.07 Å². The normalized spacial score (nSPS) is 14.3. The van der Waals surface area contributed by atoms with E-state index in [9.17, 15) is 18.4 Å². The van der Waals surface area contributed by atoms with Gasteiger partial charge in [-0.3, -0.25) is 9.59 Å². The molecule has 0 heterocycles. The van der Waals surface area contributed by atoms with Crippen LogP contribution < -0.4 is 5.73 Å². The lowest BCUT2D eigenvalue weighted by Gasteiger charge is -2.23. The van der Waals surface area contributed by atoms with Crippen LogP contribution in [0.1, 0.15) is 34.9 Å². The molecule has 3 aromatic carbocycles. The molecule has 1 aliphatic carbocycles. The molecule has 3 aromatic rings. The van der Waals surface area contributed by atoms with Gasteiger partial charge >= 0.3 is 11.9 Å². The minimum Gasteiger partial charge on any atom is -0.481 e. The number of aliphatic carboxylic acids is 1. The third kappa shape index (κ3) is 4.11. The van der Waals surface area contributed by atoms with Crippen LogP contribution in [0.15, 0.2) is 66.7 Å². The molecule has 0 saturated carbocycles. The summed E-state index contributed by atoms with van der Waals surface area (Å²) in [5.41, 5.74) is 10.2. The van der Waals surface area contributed by atoms with Crippen molar-refractivity contribution in [2.45, 2.75) is 24.3 Å². The summed E-state index contributed by atoms with van der Waals surface area (Å²) in [6.45, 7) is 0.00677. The van der Waals surface area contributed by atoms with Gasteiger partial charge in [-0.2, -0.15) is 0 Å². The second-order valence-electron chi connectivity index (χ2n) is 7.77. The molecule has 2 atom stereocenters. The van der Waals surface area contributed by atoms with Crippen LogP contribution >= 0.6 is 0 Å². The molecule has 0 fully saturated rings. The number of halogens is 2. The predicted octanol–water partition coefficient (Wildman–Crippen LogP) is 4.21. The molecule has 0 aliphatic heterocycles. The SMILES string of the molecule is N[C@H](CC(=O)O)C(C(=O)OCC1c2ccccc2-c2ccccc21)c1ccc(F)c(F)c1. The number of rotatable bonds is 7. The molecule has 3 N–H and O–H groups in total. The number of ether oxygens (including phenoxy) is 1. The first-order valence-electron chi connectivity index (χ1n) is 10.1. The quantitative estimate of drug-likeness (QED) is 0.541. The fraction of sp³-hybridized carbons (Fsp3) is 0.200. The van der Waals surface area contributed by atoms with Crippen molar-refractivity contribution in [3.05, 3.63) is 95.1 Å². The third-order valence-electron chi connectivity index (χ3n) is 5.75. The van der Waals surface area contributed by atoms with Gasteiger partial charge in [0.15, 0.2) is 11.6 Å². The number of benzene rings is 3. The summed E-state index contributed by atoms with van der Waals surface area (Å²) in [5, 5.41) is 9.11. The van der Waals surface area contributed by atoms with E-state index in [4.69, 9.17) is 15.6 Å². The molecule has 4 rings (SSSR count). The minimum atomic E-state index is -1.26. The molecule has 1 aliphatic rings. The number of esters is 1. The van der Waals surface area contributed by atoms with E-state index in [-0.39, 0.29) is 18.1 Å². The molecule has 164 valence electrons. The highest BCUT2D eigenvalue weighted by molar-refractivity contribution is 5.82. The molecule has 5 nitrogen and oxygen atoms in total. The Morgan fingerprint density at radius 1 is 0.938 bits per heavy atom. The average Bonchev–Trinajstić information content (AvgIpc) is 3.08. The fourth-order valence-electron chi connectivity index (χ4n) is 4.28. The summed E-state index contributed by atoms with van der Waals surface area (Å²) >= 11 is 0. The monoisotopic (exact) mass is 437 g/mol. The van der Waals surface area contributed by atoms with Crippen LogP contribution in [-0.4, -0.2) is 29.7 Å². The lowest BCUT2D eigenvalue weighted by Crippen LogP contribution is -2.37. The van der Waals surface area contributed by atoms with Gasteiger partial charge in [0, 0.05) is 12.0 Å². The smallest absolute Gasteiger partial charge is 0.315 e. The molecule has 0 bridgehead atoms. The van der Waals surface area contributed by atoms with Crippen LogP contribution in [0.3, 0.4) is 0 Å². The molecule has 1 unspecified atom stereocenters. The van der Waals surface area contributed by atoms with E-state index in [0.717, 1.165) is 34.4 Å². The standard InChI is InChI=1S/C25H21F2NO4/c26-20-10-9-14(11-21(20)27)24(22(28)12-23(29)30)25(31)32-13-19-17-7-3-1-5-15(17)16-6-2-4-8-18(16)19/h1-11,19,22,24H,12-13,28H2,(H,29,30)/t22-,24?/m1/s1. The van der Waals surface area contributed by atoms with Gasteiger partial charge in [-0.25, -0.2) is 8.78 Å². The van der Waals surface area contributed by atoms with E-state index in [2.05, 4.69) is 0 Å². The zero-order valence-electron chi connectivity index (χ0n) is 17.0. The summed E-state index contributed by atoms with van der Waals surface area (Å²) in [6.07, 6.45) is -0.534. The van der Waals surface area contributed by atoms with Gasteiger partial charge in [0.2, 0.25) is 0 Å². The number of hydrogen-bond donors (Lipinski definition) is 2. The topological polar surface area (TPSA) is 89.6 Å². The van der Waals surface area contributed by atoms with Crippen molar-refractivity contribution in [1.29, 1.82) is 0 Å². The zero-order chi connectivity index (χ0) is 22.8. The lowest BCUT2D eigenvalue weighted by molar-refractivity contribution is -0.146. The Balaban J connectivity index is 1.60. The Kier molecular flexibility index (Phi) is 6.01.